The lowest BCUT2D eigenvalue weighted by Gasteiger charge is -2.23. The van der Waals surface area contributed by atoms with E-state index in [-0.39, 0.29) is 17.6 Å². The van der Waals surface area contributed by atoms with E-state index in [0.29, 0.717) is 5.56 Å². The van der Waals surface area contributed by atoms with Crippen LogP contribution in [0.3, 0.4) is 0 Å². The number of aryl methyl sites for hydroxylation is 1. The number of aromatic hydroxyl groups is 1. The molecule has 1 aromatic rings. The Bertz CT molecular complexity index is 475. The van der Waals surface area contributed by atoms with Crippen LogP contribution in [0.5, 0.6) is 5.75 Å². The standard InChI is InChI=1S/C15H23NO3/c1-5-9-6-10(8-12(16)14(18)19)13(17)11(7-9)15(2,3)4/h6-7,12,17H,5,8,16H2,1-4H3,(H,18,19). The van der Waals surface area contributed by atoms with E-state index in [2.05, 4.69) is 0 Å². The highest BCUT2D eigenvalue weighted by Crippen LogP contribution is 2.35. The summed E-state index contributed by atoms with van der Waals surface area (Å²) >= 11 is 0. The molecule has 4 heteroatoms. The number of carboxylic acids is 1. The van der Waals surface area contributed by atoms with Crippen LogP contribution in [0.4, 0.5) is 0 Å². The van der Waals surface area contributed by atoms with Crippen molar-refractivity contribution in [2.24, 2.45) is 5.73 Å². The zero-order chi connectivity index (χ0) is 14.8. The number of aliphatic carboxylic acids is 1. The van der Waals surface area contributed by atoms with Crippen LogP contribution in [0.25, 0.3) is 0 Å². The first-order chi connectivity index (χ1) is 8.66. The van der Waals surface area contributed by atoms with E-state index in [1.807, 2.05) is 39.8 Å². The average molecular weight is 265 g/mol. The van der Waals surface area contributed by atoms with Crippen molar-refractivity contribution in [2.75, 3.05) is 0 Å². The summed E-state index contributed by atoms with van der Waals surface area (Å²) < 4.78 is 0. The van der Waals surface area contributed by atoms with Crippen molar-refractivity contribution in [2.45, 2.75) is 52.0 Å². The van der Waals surface area contributed by atoms with E-state index in [4.69, 9.17) is 10.8 Å². The van der Waals surface area contributed by atoms with Crippen LogP contribution in [-0.4, -0.2) is 22.2 Å². The quantitative estimate of drug-likeness (QED) is 0.779. The van der Waals surface area contributed by atoms with E-state index in [1.165, 1.54) is 0 Å². The molecular weight excluding hydrogens is 242 g/mol. The van der Waals surface area contributed by atoms with Crippen LogP contribution in [-0.2, 0) is 23.1 Å². The van der Waals surface area contributed by atoms with Crippen molar-refractivity contribution in [3.63, 3.8) is 0 Å². The summed E-state index contributed by atoms with van der Waals surface area (Å²) in [4.78, 5) is 10.8. The van der Waals surface area contributed by atoms with Gasteiger partial charge in [-0.1, -0.05) is 39.8 Å². The summed E-state index contributed by atoms with van der Waals surface area (Å²) in [6.45, 7) is 8.08. The Labute approximate surface area is 114 Å². The van der Waals surface area contributed by atoms with Gasteiger partial charge in [-0.05, 0) is 28.5 Å². The van der Waals surface area contributed by atoms with Gasteiger partial charge in [-0.15, -0.1) is 0 Å². The number of phenols is 1. The molecule has 4 N–H and O–H groups in total. The molecule has 1 unspecified atom stereocenters. The average Bonchev–Trinajstić information content (AvgIpc) is 2.29. The molecule has 0 radical (unpaired) electrons. The number of nitrogens with two attached hydrogens (primary N) is 1. The number of benzene rings is 1. The minimum Gasteiger partial charge on any atom is -0.507 e. The van der Waals surface area contributed by atoms with Gasteiger partial charge in [0.2, 0.25) is 0 Å². The van der Waals surface area contributed by atoms with Crippen LogP contribution >= 0.6 is 0 Å². The zero-order valence-electron chi connectivity index (χ0n) is 12.0. The number of phenolic OH excluding ortho intramolecular Hbond substituents is 1. The molecule has 0 aliphatic heterocycles. The Morgan fingerprint density at radius 3 is 2.37 bits per heavy atom. The zero-order valence-corrected chi connectivity index (χ0v) is 12.0. The molecule has 0 heterocycles. The van der Waals surface area contributed by atoms with Crippen LogP contribution < -0.4 is 5.73 Å². The molecule has 0 amide bonds. The lowest BCUT2D eigenvalue weighted by atomic mass is 9.83. The number of hydrogen-bond acceptors (Lipinski definition) is 3. The van der Waals surface area contributed by atoms with Crippen molar-refractivity contribution in [1.82, 2.24) is 0 Å². The van der Waals surface area contributed by atoms with Gasteiger partial charge < -0.3 is 15.9 Å². The van der Waals surface area contributed by atoms with E-state index < -0.39 is 12.0 Å². The molecule has 1 aromatic carbocycles. The third-order valence-corrected chi connectivity index (χ3v) is 3.22. The number of hydrogen-bond donors (Lipinski definition) is 3. The number of carboxylic acid groups (broad SMARTS) is 1. The maximum atomic E-state index is 10.8. The third kappa shape index (κ3) is 3.70. The second-order valence-electron chi connectivity index (χ2n) is 5.90. The molecule has 1 rings (SSSR count). The summed E-state index contributed by atoms with van der Waals surface area (Å²) in [5, 5.41) is 19.2. The molecule has 4 nitrogen and oxygen atoms in total. The highest BCUT2D eigenvalue weighted by atomic mass is 16.4. The molecule has 106 valence electrons. The van der Waals surface area contributed by atoms with Crippen molar-refractivity contribution >= 4 is 5.97 Å². The third-order valence-electron chi connectivity index (χ3n) is 3.22. The summed E-state index contributed by atoms with van der Waals surface area (Å²) in [7, 11) is 0. The molecule has 0 aliphatic carbocycles. The first-order valence-corrected chi connectivity index (χ1v) is 6.50. The molecule has 0 fully saturated rings. The second kappa shape index (κ2) is 5.61. The Hall–Kier alpha value is -1.55. The minimum atomic E-state index is -1.06. The fraction of sp³-hybridized carbons (Fsp3) is 0.533. The Morgan fingerprint density at radius 2 is 1.95 bits per heavy atom. The Morgan fingerprint density at radius 1 is 1.37 bits per heavy atom. The maximum Gasteiger partial charge on any atom is 0.320 e. The van der Waals surface area contributed by atoms with Crippen LogP contribution in [0, 0.1) is 0 Å². The molecule has 0 bridgehead atoms. The Kier molecular flexibility index (Phi) is 4.58. The van der Waals surface area contributed by atoms with Gasteiger partial charge in [0.1, 0.15) is 11.8 Å². The van der Waals surface area contributed by atoms with Crippen molar-refractivity contribution in [1.29, 1.82) is 0 Å². The molecule has 0 saturated heterocycles. The van der Waals surface area contributed by atoms with Crippen LogP contribution in [0.1, 0.15) is 44.4 Å². The Balaban J connectivity index is 3.28. The lowest BCUT2D eigenvalue weighted by molar-refractivity contribution is -0.138. The highest BCUT2D eigenvalue weighted by Gasteiger charge is 2.23. The maximum absolute atomic E-state index is 10.8. The van der Waals surface area contributed by atoms with Gasteiger partial charge in [0.25, 0.3) is 0 Å². The highest BCUT2D eigenvalue weighted by molar-refractivity contribution is 5.73. The molecule has 1 atom stereocenters. The molecule has 0 aromatic heterocycles. The summed E-state index contributed by atoms with van der Waals surface area (Å²) in [5.74, 6) is -0.889. The van der Waals surface area contributed by atoms with Gasteiger partial charge in [-0.25, -0.2) is 0 Å². The number of carbonyl (C=O) groups is 1. The fourth-order valence-electron chi connectivity index (χ4n) is 2.02. The first kappa shape index (κ1) is 15.5. The first-order valence-electron chi connectivity index (χ1n) is 6.50. The summed E-state index contributed by atoms with van der Waals surface area (Å²) in [5.41, 5.74) is 7.88. The minimum absolute atomic E-state index is 0.137. The van der Waals surface area contributed by atoms with Gasteiger partial charge in [0.05, 0.1) is 0 Å². The number of rotatable bonds is 4. The van der Waals surface area contributed by atoms with Crippen molar-refractivity contribution in [3.05, 3.63) is 28.8 Å². The van der Waals surface area contributed by atoms with E-state index >= 15 is 0 Å². The molecular formula is C15H23NO3. The smallest absolute Gasteiger partial charge is 0.320 e. The predicted molar refractivity (Wildman–Crippen MR) is 75.5 cm³/mol. The molecule has 0 saturated carbocycles. The molecule has 0 spiro atoms. The lowest BCUT2D eigenvalue weighted by Crippen LogP contribution is -2.32. The van der Waals surface area contributed by atoms with E-state index in [1.54, 1.807) is 0 Å². The topological polar surface area (TPSA) is 83.6 Å². The van der Waals surface area contributed by atoms with E-state index in [9.17, 15) is 9.90 Å². The monoisotopic (exact) mass is 265 g/mol. The fourth-order valence-corrected chi connectivity index (χ4v) is 2.02. The molecule has 0 aliphatic rings. The van der Waals surface area contributed by atoms with E-state index in [0.717, 1.165) is 17.5 Å². The predicted octanol–water partition coefficient (Wildman–Crippen LogP) is 2.21. The second-order valence-corrected chi connectivity index (χ2v) is 5.90. The van der Waals surface area contributed by atoms with Gasteiger partial charge in [-0.2, -0.15) is 0 Å². The summed E-state index contributed by atoms with van der Waals surface area (Å²) in [6, 6.07) is 2.82. The van der Waals surface area contributed by atoms with Crippen LogP contribution in [0.2, 0.25) is 0 Å². The largest absolute Gasteiger partial charge is 0.507 e. The normalized spacial score (nSPS) is 13.3. The van der Waals surface area contributed by atoms with Crippen LogP contribution in [0.15, 0.2) is 12.1 Å². The summed E-state index contributed by atoms with van der Waals surface area (Å²) in [6.07, 6.45) is 0.969. The van der Waals surface area contributed by atoms with Crippen molar-refractivity contribution < 1.29 is 15.0 Å². The van der Waals surface area contributed by atoms with Gasteiger partial charge in [0.15, 0.2) is 0 Å². The SMILES string of the molecule is CCc1cc(CC(N)C(=O)O)c(O)c(C(C)(C)C)c1. The van der Waals surface area contributed by atoms with Crippen molar-refractivity contribution in [3.8, 4) is 5.75 Å². The van der Waals surface area contributed by atoms with Gasteiger partial charge in [0, 0.05) is 6.42 Å². The van der Waals surface area contributed by atoms with Gasteiger partial charge in [-0.3, -0.25) is 4.79 Å². The van der Waals surface area contributed by atoms with Gasteiger partial charge >= 0.3 is 5.97 Å². The molecule has 19 heavy (non-hydrogen) atoms.